The molecule has 8 heteroatoms. The normalized spacial score (nSPS) is 10.6. The molecule has 2 heterocycles. The van der Waals surface area contributed by atoms with Crippen LogP contribution in [0.3, 0.4) is 0 Å². The predicted molar refractivity (Wildman–Crippen MR) is 117 cm³/mol. The standard InChI is InChI=1S/C22H20N4O3S/c1-26-10-9-23-20(26)19-18(14-7-5-4-6-8-14)24-22(30-19)25-21(27)15-11-16(28-2)13-17(12-15)29-3/h4-13H,1-3H3,(H,24,25,27). The Balaban J connectivity index is 1.71. The van der Waals surface area contributed by atoms with Gasteiger partial charge in [-0.05, 0) is 12.1 Å². The van der Waals surface area contributed by atoms with Crippen LogP contribution < -0.4 is 14.8 Å². The molecule has 2 aromatic carbocycles. The minimum absolute atomic E-state index is 0.299. The number of aromatic nitrogens is 3. The van der Waals surface area contributed by atoms with Gasteiger partial charge in [0, 0.05) is 36.6 Å². The number of amides is 1. The quantitative estimate of drug-likeness (QED) is 0.498. The summed E-state index contributed by atoms with van der Waals surface area (Å²) in [5.74, 6) is 1.57. The average Bonchev–Trinajstić information content (AvgIpc) is 3.39. The van der Waals surface area contributed by atoms with Crippen LogP contribution in [0.5, 0.6) is 11.5 Å². The van der Waals surface area contributed by atoms with Crippen LogP contribution in [0.4, 0.5) is 5.13 Å². The first-order valence-electron chi connectivity index (χ1n) is 9.17. The SMILES string of the molecule is COc1cc(OC)cc(C(=O)Nc2nc(-c3ccccc3)c(-c3nccn3C)s2)c1. The second kappa shape index (κ2) is 8.38. The largest absolute Gasteiger partial charge is 0.497 e. The third-order valence-corrected chi connectivity index (χ3v) is 5.50. The lowest BCUT2D eigenvalue weighted by Gasteiger charge is -2.08. The molecule has 0 saturated heterocycles. The first kappa shape index (κ1) is 19.7. The van der Waals surface area contributed by atoms with E-state index in [1.165, 1.54) is 11.3 Å². The number of carbonyl (C=O) groups is 1. The number of nitrogens with zero attached hydrogens (tertiary/aromatic N) is 3. The molecule has 0 aliphatic rings. The molecule has 0 fully saturated rings. The van der Waals surface area contributed by atoms with Gasteiger partial charge < -0.3 is 14.0 Å². The Morgan fingerprint density at radius 3 is 2.37 bits per heavy atom. The zero-order valence-corrected chi connectivity index (χ0v) is 17.6. The number of hydrogen-bond donors (Lipinski definition) is 1. The maximum absolute atomic E-state index is 12.9. The predicted octanol–water partition coefficient (Wildman–Crippen LogP) is 4.48. The summed E-state index contributed by atoms with van der Waals surface area (Å²) in [5, 5.41) is 3.38. The van der Waals surface area contributed by atoms with Gasteiger partial charge >= 0.3 is 0 Å². The highest BCUT2D eigenvalue weighted by atomic mass is 32.1. The number of methoxy groups -OCH3 is 2. The van der Waals surface area contributed by atoms with Gasteiger partial charge in [-0.15, -0.1) is 0 Å². The third-order valence-electron chi connectivity index (χ3n) is 4.53. The molecule has 2 aromatic heterocycles. The maximum Gasteiger partial charge on any atom is 0.257 e. The summed E-state index contributed by atoms with van der Waals surface area (Å²) in [6.45, 7) is 0. The molecule has 0 saturated carbocycles. The fourth-order valence-corrected chi connectivity index (χ4v) is 4.03. The van der Waals surface area contributed by atoms with Crippen molar-refractivity contribution in [3.8, 4) is 33.5 Å². The summed E-state index contributed by atoms with van der Waals surface area (Å²) in [5.41, 5.74) is 2.14. The lowest BCUT2D eigenvalue weighted by Crippen LogP contribution is -2.12. The maximum atomic E-state index is 12.9. The van der Waals surface area contributed by atoms with Crippen molar-refractivity contribution >= 4 is 22.4 Å². The smallest absolute Gasteiger partial charge is 0.257 e. The van der Waals surface area contributed by atoms with Crippen molar-refractivity contribution in [2.75, 3.05) is 19.5 Å². The van der Waals surface area contributed by atoms with E-state index in [9.17, 15) is 4.79 Å². The van der Waals surface area contributed by atoms with Crippen molar-refractivity contribution in [3.05, 3.63) is 66.5 Å². The number of thiazole rings is 1. The molecule has 0 aliphatic carbocycles. The van der Waals surface area contributed by atoms with E-state index in [2.05, 4.69) is 10.3 Å². The van der Waals surface area contributed by atoms with Gasteiger partial charge in [-0.1, -0.05) is 41.7 Å². The van der Waals surface area contributed by atoms with Gasteiger partial charge in [0.1, 0.15) is 11.5 Å². The van der Waals surface area contributed by atoms with Crippen LogP contribution in [0.25, 0.3) is 22.0 Å². The number of carbonyl (C=O) groups excluding carboxylic acids is 1. The monoisotopic (exact) mass is 420 g/mol. The molecule has 1 amide bonds. The summed E-state index contributed by atoms with van der Waals surface area (Å²) >= 11 is 1.38. The van der Waals surface area contributed by atoms with Crippen LogP contribution in [-0.2, 0) is 7.05 Å². The van der Waals surface area contributed by atoms with Crippen LogP contribution in [0.2, 0.25) is 0 Å². The second-order valence-corrected chi connectivity index (χ2v) is 7.48. The Labute approximate surface area is 177 Å². The molecule has 7 nitrogen and oxygen atoms in total. The number of rotatable bonds is 6. The van der Waals surface area contributed by atoms with Crippen LogP contribution >= 0.6 is 11.3 Å². The van der Waals surface area contributed by atoms with Crippen LogP contribution in [-0.4, -0.2) is 34.7 Å². The number of anilines is 1. The first-order chi connectivity index (χ1) is 14.6. The summed E-state index contributed by atoms with van der Waals surface area (Å²) < 4.78 is 12.4. The van der Waals surface area contributed by atoms with E-state index in [-0.39, 0.29) is 5.91 Å². The van der Waals surface area contributed by atoms with Crippen LogP contribution in [0, 0.1) is 0 Å². The third kappa shape index (κ3) is 3.90. The number of imidazole rings is 1. The number of nitrogens with one attached hydrogen (secondary N) is 1. The molecular formula is C22H20N4O3S. The lowest BCUT2D eigenvalue weighted by molar-refractivity contribution is 0.102. The van der Waals surface area contributed by atoms with Gasteiger partial charge in [-0.2, -0.15) is 0 Å². The highest BCUT2D eigenvalue weighted by Crippen LogP contribution is 2.38. The molecule has 0 unspecified atom stereocenters. The van der Waals surface area contributed by atoms with Gasteiger partial charge in [-0.3, -0.25) is 10.1 Å². The van der Waals surface area contributed by atoms with E-state index in [0.717, 1.165) is 22.0 Å². The molecule has 1 N–H and O–H groups in total. The number of aryl methyl sites for hydroxylation is 1. The fraction of sp³-hybridized carbons (Fsp3) is 0.136. The van der Waals surface area contributed by atoms with Crippen LogP contribution in [0.15, 0.2) is 60.9 Å². The van der Waals surface area contributed by atoms with Crippen molar-refractivity contribution in [1.82, 2.24) is 14.5 Å². The molecule has 4 aromatic rings. The molecule has 0 spiro atoms. The summed E-state index contributed by atoms with van der Waals surface area (Å²) in [6.07, 6.45) is 3.62. The minimum atomic E-state index is -0.299. The van der Waals surface area contributed by atoms with Gasteiger partial charge in [0.15, 0.2) is 11.0 Å². The van der Waals surface area contributed by atoms with Gasteiger partial charge in [0.2, 0.25) is 0 Å². The molecule has 4 rings (SSSR count). The highest BCUT2D eigenvalue weighted by Gasteiger charge is 2.20. The number of ether oxygens (including phenoxy) is 2. The summed E-state index contributed by atoms with van der Waals surface area (Å²) in [4.78, 5) is 22.9. The molecule has 0 aliphatic heterocycles. The van der Waals surface area contributed by atoms with E-state index in [4.69, 9.17) is 14.5 Å². The second-order valence-electron chi connectivity index (χ2n) is 6.48. The molecule has 0 atom stereocenters. The zero-order chi connectivity index (χ0) is 21.1. The lowest BCUT2D eigenvalue weighted by atomic mass is 10.1. The summed E-state index contributed by atoms with van der Waals surface area (Å²) in [7, 11) is 5.02. The van der Waals surface area contributed by atoms with Gasteiger partial charge in [0.05, 0.1) is 24.8 Å². The molecule has 0 radical (unpaired) electrons. The topological polar surface area (TPSA) is 78.3 Å². The Kier molecular flexibility index (Phi) is 5.49. The Morgan fingerprint density at radius 1 is 1.07 bits per heavy atom. The summed E-state index contributed by atoms with van der Waals surface area (Å²) in [6, 6.07) is 14.9. The minimum Gasteiger partial charge on any atom is -0.497 e. The average molecular weight is 420 g/mol. The highest BCUT2D eigenvalue weighted by molar-refractivity contribution is 7.19. The van der Waals surface area contributed by atoms with Gasteiger partial charge in [0.25, 0.3) is 5.91 Å². The molecule has 152 valence electrons. The Hall–Kier alpha value is -3.65. The molecular weight excluding hydrogens is 400 g/mol. The van der Waals surface area contributed by atoms with Crippen molar-refractivity contribution in [2.45, 2.75) is 0 Å². The molecule has 30 heavy (non-hydrogen) atoms. The van der Waals surface area contributed by atoms with Crippen molar-refractivity contribution in [2.24, 2.45) is 7.05 Å². The van der Waals surface area contributed by atoms with E-state index in [1.54, 1.807) is 38.6 Å². The van der Waals surface area contributed by atoms with E-state index in [1.807, 2.05) is 48.1 Å². The zero-order valence-electron chi connectivity index (χ0n) is 16.7. The van der Waals surface area contributed by atoms with Gasteiger partial charge in [-0.25, -0.2) is 9.97 Å². The number of hydrogen-bond acceptors (Lipinski definition) is 6. The van der Waals surface area contributed by atoms with Crippen LogP contribution in [0.1, 0.15) is 10.4 Å². The van der Waals surface area contributed by atoms with E-state index < -0.39 is 0 Å². The van der Waals surface area contributed by atoms with Crippen molar-refractivity contribution < 1.29 is 14.3 Å². The molecule has 0 bridgehead atoms. The Bertz CT molecular complexity index is 1160. The van der Waals surface area contributed by atoms with E-state index in [0.29, 0.717) is 22.2 Å². The van der Waals surface area contributed by atoms with Crippen molar-refractivity contribution in [3.63, 3.8) is 0 Å². The van der Waals surface area contributed by atoms with Crippen molar-refractivity contribution in [1.29, 1.82) is 0 Å². The number of benzene rings is 2. The Morgan fingerprint density at radius 2 is 1.77 bits per heavy atom. The van der Waals surface area contributed by atoms with E-state index >= 15 is 0 Å². The first-order valence-corrected chi connectivity index (χ1v) is 9.99. The fourth-order valence-electron chi connectivity index (χ4n) is 3.01.